The van der Waals surface area contributed by atoms with Crippen LogP contribution >= 0.6 is 11.6 Å². The van der Waals surface area contributed by atoms with Gasteiger partial charge in [-0.15, -0.1) is 0 Å². The molecule has 2 N–H and O–H groups in total. The lowest BCUT2D eigenvalue weighted by atomic mass is 9.73. The van der Waals surface area contributed by atoms with Crippen LogP contribution in [0.1, 0.15) is 12.5 Å². The zero-order valence-electron chi connectivity index (χ0n) is 12.3. The Hall–Kier alpha value is -1.82. The van der Waals surface area contributed by atoms with E-state index in [-0.39, 0.29) is 5.91 Å². The summed E-state index contributed by atoms with van der Waals surface area (Å²) >= 11 is 5.75. The molecule has 2 rings (SSSR count). The molecule has 0 radical (unpaired) electrons. The number of fused-ring (bicyclic) bond motifs is 1. The molecule has 0 saturated heterocycles. The Morgan fingerprint density at radius 1 is 1.50 bits per heavy atom. The highest BCUT2D eigenvalue weighted by molar-refractivity contribution is 6.61. The van der Waals surface area contributed by atoms with Gasteiger partial charge in [-0.3, -0.25) is 4.79 Å². The molecule has 0 unspecified atom stereocenters. The minimum absolute atomic E-state index is 0.296. The predicted molar refractivity (Wildman–Crippen MR) is 90.2 cm³/mol. The van der Waals surface area contributed by atoms with Crippen LogP contribution in [0.15, 0.2) is 53.6 Å². The van der Waals surface area contributed by atoms with Crippen molar-refractivity contribution in [2.45, 2.75) is 13.3 Å². The first-order valence-corrected chi connectivity index (χ1v) is 7.29. The molecule has 0 aromatic heterocycles. The smallest absolute Gasteiger partial charge is 0.423 e. The number of anilines is 1. The number of carbonyl (C=O) groups excluding carboxylic acids is 1. The molecule has 22 heavy (non-hydrogen) atoms. The highest BCUT2D eigenvalue weighted by atomic mass is 35.5. The van der Waals surface area contributed by atoms with Crippen molar-refractivity contribution in [1.29, 1.82) is 0 Å². The van der Waals surface area contributed by atoms with Crippen molar-refractivity contribution in [1.82, 2.24) is 0 Å². The molecule has 4 nitrogen and oxygen atoms in total. The summed E-state index contributed by atoms with van der Waals surface area (Å²) in [4.78, 5) is 12.2. The SMILES string of the molecule is C=CC(=CC=C(C)Cl)C(=O)Nc1ccc2c(c1)B(O)OCC2. The van der Waals surface area contributed by atoms with Gasteiger partial charge in [-0.05, 0) is 48.7 Å². The van der Waals surface area contributed by atoms with Crippen LogP contribution in [0.25, 0.3) is 0 Å². The average molecular weight is 318 g/mol. The first-order chi connectivity index (χ1) is 10.5. The molecule has 114 valence electrons. The maximum absolute atomic E-state index is 12.2. The molecule has 1 amide bonds. The number of nitrogens with one attached hydrogen (secondary N) is 1. The summed E-state index contributed by atoms with van der Waals surface area (Å²) in [6.07, 6.45) is 5.43. The van der Waals surface area contributed by atoms with Crippen LogP contribution in [0.3, 0.4) is 0 Å². The van der Waals surface area contributed by atoms with Crippen LogP contribution in [0.2, 0.25) is 0 Å². The summed E-state index contributed by atoms with van der Waals surface area (Å²) in [6, 6.07) is 5.41. The molecule has 0 spiro atoms. The Labute approximate surface area is 135 Å². The normalized spacial score (nSPS) is 15.3. The van der Waals surface area contributed by atoms with E-state index < -0.39 is 7.12 Å². The lowest BCUT2D eigenvalue weighted by Gasteiger charge is -2.19. The van der Waals surface area contributed by atoms with Crippen molar-refractivity contribution in [2.75, 3.05) is 11.9 Å². The van der Waals surface area contributed by atoms with E-state index in [9.17, 15) is 9.82 Å². The van der Waals surface area contributed by atoms with Crippen molar-refractivity contribution < 1.29 is 14.5 Å². The molecule has 6 heteroatoms. The third kappa shape index (κ3) is 4.10. The minimum Gasteiger partial charge on any atom is -0.423 e. The summed E-state index contributed by atoms with van der Waals surface area (Å²) in [5, 5.41) is 13.2. The molecule has 0 bridgehead atoms. The third-order valence-corrected chi connectivity index (χ3v) is 3.42. The lowest BCUT2D eigenvalue weighted by molar-refractivity contribution is -0.112. The summed E-state index contributed by atoms with van der Waals surface area (Å²) in [5.41, 5.74) is 2.70. The van der Waals surface area contributed by atoms with Crippen LogP contribution in [0.4, 0.5) is 5.69 Å². The summed E-state index contributed by atoms with van der Waals surface area (Å²) in [6.45, 7) is 5.84. The second kappa shape index (κ2) is 7.45. The van der Waals surface area contributed by atoms with E-state index in [1.807, 2.05) is 6.07 Å². The highest BCUT2D eigenvalue weighted by Gasteiger charge is 2.25. The molecule has 0 atom stereocenters. The standard InChI is InChI=1S/C16H17BClNO3/c1-3-12(5-4-11(2)18)16(20)19-14-7-6-13-8-9-22-17(21)15(13)10-14/h3-7,10,21H,1,8-9H2,2H3,(H,19,20). The fraction of sp³-hybridized carbons (Fsp3) is 0.188. The number of amides is 1. The van der Waals surface area contributed by atoms with Gasteiger partial charge in [0.05, 0.1) is 0 Å². The Morgan fingerprint density at radius 2 is 2.27 bits per heavy atom. The summed E-state index contributed by atoms with van der Waals surface area (Å²) in [5.74, 6) is -0.296. The van der Waals surface area contributed by atoms with Gasteiger partial charge in [0.1, 0.15) is 0 Å². The predicted octanol–water partition coefficient (Wildman–Crippen LogP) is 2.14. The maximum Gasteiger partial charge on any atom is 0.491 e. The number of hydrogen-bond acceptors (Lipinski definition) is 3. The monoisotopic (exact) mass is 317 g/mol. The van der Waals surface area contributed by atoms with Crippen molar-refractivity contribution in [3.05, 3.63) is 59.2 Å². The number of rotatable bonds is 4. The second-order valence-electron chi connectivity index (χ2n) is 4.92. The molecule has 1 aromatic rings. The van der Waals surface area contributed by atoms with E-state index in [0.29, 0.717) is 28.4 Å². The van der Waals surface area contributed by atoms with Gasteiger partial charge in [0.25, 0.3) is 5.91 Å². The first-order valence-electron chi connectivity index (χ1n) is 6.91. The molecule has 1 aliphatic heterocycles. The van der Waals surface area contributed by atoms with Crippen molar-refractivity contribution in [2.24, 2.45) is 0 Å². The quantitative estimate of drug-likeness (QED) is 0.508. The number of hydrogen-bond donors (Lipinski definition) is 2. The van der Waals surface area contributed by atoms with E-state index in [2.05, 4.69) is 11.9 Å². The van der Waals surface area contributed by atoms with Crippen molar-refractivity contribution in [3.63, 3.8) is 0 Å². The van der Waals surface area contributed by atoms with Gasteiger partial charge >= 0.3 is 7.12 Å². The fourth-order valence-electron chi connectivity index (χ4n) is 2.14. The van der Waals surface area contributed by atoms with E-state index in [1.54, 1.807) is 31.2 Å². The average Bonchev–Trinajstić information content (AvgIpc) is 2.48. The number of benzene rings is 1. The van der Waals surface area contributed by atoms with Gasteiger partial charge in [0, 0.05) is 22.9 Å². The molecule has 1 aromatic carbocycles. The molecule has 1 aliphatic rings. The van der Waals surface area contributed by atoms with E-state index in [4.69, 9.17) is 16.3 Å². The van der Waals surface area contributed by atoms with Gasteiger partial charge < -0.3 is 15.0 Å². The van der Waals surface area contributed by atoms with Gasteiger partial charge in [0.2, 0.25) is 0 Å². The Balaban J connectivity index is 2.18. The largest absolute Gasteiger partial charge is 0.491 e. The lowest BCUT2D eigenvalue weighted by Crippen LogP contribution is -2.41. The fourth-order valence-corrected chi connectivity index (χ4v) is 2.21. The topological polar surface area (TPSA) is 58.6 Å². The molecular weight excluding hydrogens is 300 g/mol. The van der Waals surface area contributed by atoms with Crippen molar-refractivity contribution >= 4 is 35.8 Å². The molecule has 0 saturated carbocycles. The van der Waals surface area contributed by atoms with Crippen LogP contribution in [-0.2, 0) is 15.9 Å². The Bertz CT molecular complexity index is 651. The number of carbonyl (C=O) groups is 1. The summed E-state index contributed by atoms with van der Waals surface area (Å²) < 4.78 is 5.19. The molecule has 0 fully saturated rings. The van der Waals surface area contributed by atoms with Gasteiger partial charge in [-0.2, -0.15) is 0 Å². The Morgan fingerprint density at radius 3 is 2.95 bits per heavy atom. The van der Waals surface area contributed by atoms with Gasteiger partial charge in [0.15, 0.2) is 0 Å². The second-order valence-corrected chi connectivity index (χ2v) is 5.52. The molecule has 0 aliphatic carbocycles. The van der Waals surface area contributed by atoms with Crippen LogP contribution < -0.4 is 10.8 Å². The first kappa shape index (κ1) is 16.6. The van der Waals surface area contributed by atoms with Crippen LogP contribution in [0, 0.1) is 0 Å². The molecular formula is C16H17BClNO3. The Kier molecular flexibility index (Phi) is 5.60. The summed E-state index contributed by atoms with van der Waals surface area (Å²) in [7, 11) is -0.947. The van der Waals surface area contributed by atoms with Gasteiger partial charge in [-0.25, -0.2) is 0 Å². The van der Waals surface area contributed by atoms with E-state index in [1.165, 1.54) is 6.08 Å². The van der Waals surface area contributed by atoms with E-state index in [0.717, 1.165) is 12.0 Å². The van der Waals surface area contributed by atoms with Crippen LogP contribution in [-0.4, -0.2) is 24.7 Å². The molecule has 1 heterocycles. The van der Waals surface area contributed by atoms with Gasteiger partial charge in [-0.1, -0.05) is 30.3 Å². The highest BCUT2D eigenvalue weighted by Crippen LogP contribution is 2.14. The van der Waals surface area contributed by atoms with Crippen LogP contribution in [0.5, 0.6) is 0 Å². The number of allylic oxidation sites excluding steroid dienone is 3. The van der Waals surface area contributed by atoms with E-state index >= 15 is 0 Å². The number of halogens is 1. The third-order valence-electron chi connectivity index (χ3n) is 3.29. The minimum atomic E-state index is -0.947. The van der Waals surface area contributed by atoms with Crippen molar-refractivity contribution in [3.8, 4) is 0 Å². The maximum atomic E-state index is 12.2. The zero-order chi connectivity index (χ0) is 16.1. The zero-order valence-corrected chi connectivity index (χ0v) is 13.1.